The van der Waals surface area contributed by atoms with Gasteiger partial charge in [0.05, 0.1) is 33.5 Å². The van der Waals surface area contributed by atoms with Crippen LogP contribution in [0.25, 0.3) is 5.76 Å². The molecule has 4 heterocycles. The number of amidine groups is 2. The van der Waals surface area contributed by atoms with Gasteiger partial charge < -0.3 is 29.1 Å². The van der Waals surface area contributed by atoms with E-state index in [1.165, 1.54) is 0 Å². The van der Waals surface area contributed by atoms with E-state index in [0.717, 1.165) is 11.4 Å². The fourth-order valence-electron chi connectivity index (χ4n) is 4.44. The van der Waals surface area contributed by atoms with Gasteiger partial charge in [-0.25, -0.2) is 4.99 Å². The van der Waals surface area contributed by atoms with Gasteiger partial charge in [-0.15, -0.1) is 0 Å². The van der Waals surface area contributed by atoms with Crippen LogP contribution in [0.1, 0.15) is 24.0 Å². The third-order valence-electron chi connectivity index (χ3n) is 6.26. The van der Waals surface area contributed by atoms with Crippen LogP contribution in [0.15, 0.2) is 52.7 Å². The summed E-state index contributed by atoms with van der Waals surface area (Å²) in [4.78, 5) is 29.8. The summed E-state index contributed by atoms with van der Waals surface area (Å²) in [6.45, 7) is 4.14. The van der Waals surface area contributed by atoms with Crippen molar-refractivity contribution in [3.05, 3.63) is 53.9 Å². The Balaban J connectivity index is 1.35. The summed E-state index contributed by atoms with van der Waals surface area (Å²) < 4.78 is 17.0. The van der Waals surface area contributed by atoms with Gasteiger partial charge in [0, 0.05) is 55.7 Å². The van der Waals surface area contributed by atoms with Crippen LogP contribution in [0.5, 0.6) is 11.5 Å². The van der Waals surface area contributed by atoms with E-state index < -0.39 is 0 Å². The molecular formula is C26H29N5O5. The monoisotopic (exact) mass is 491 g/mol. The van der Waals surface area contributed by atoms with Crippen LogP contribution in [0.2, 0.25) is 0 Å². The maximum Gasteiger partial charge on any atom is 0.222 e. The second-order valence-corrected chi connectivity index (χ2v) is 8.54. The summed E-state index contributed by atoms with van der Waals surface area (Å²) in [5.41, 5.74) is 2.04. The molecule has 0 unspecified atom stereocenters. The second kappa shape index (κ2) is 10.8. The molecule has 0 spiro atoms. The summed E-state index contributed by atoms with van der Waals surface area (Å²) in [5, 5.41) is 10.7. The lowest BCUT2D eigenvalue weighted by Gasteiger charge is -2.27. The highest BCUT2D eigenvalue weighted by Crippen LogP contribution is 2.43. The van der Waals surface area contributed by atoms with Crippen LogP contribution in [0.4, 0.5) is 5.69 Å². The third-order valence-corrected chi connectivity index (χ3v) is 6.26. The molecule has 0 radical (unpaired) electrons. The maximum absolute atomic E-state index is 12.4. The Hall–Kier alpha value is -3.92. The molecule has 5 rings (SSSR count). The lowest BCUT2D eigenvalue weighted by Crippen LogP contribution is -2.40. The number of rotatable bonds is 8. The number of amides is 1. The molecule has 1 fully saturated rings. The lowest BCUT2D eigenvalue weighted by atomic mass is 10.1. The van der Waals surface area contributed by atoms with E-state index in [1.807, 2.05) is 21.9 Å². The van der Waals surface area contributed by atoms with Gasteiger partial charge >= 0.3 is 0 Å². The van der Waals surface area contributed by atoms with Crippen LogP contribution in [-0.2, 0) is 9.53 Å². The molecule has 1 amide bonds. The number of ether oxygens (including phenoxy) is 3. The smallest absolute Gasteiger partial charge is 0.222 e. The normalized spacial score (nSPS) is 17.2. The first-order valence-corrected chi connectivity index (χ1v) is 12.1. The summed E-state index contributed by atoms with van der Waals surface area (Å²) in [5.74, 6) is 2.57. The zero-order valence-electron chi connectivity index (χ0n) is 20.2. The highest BCUT2D eigenvalue weighted by molar-refractivity contribution is 6.20. The van der Waals surface area contributed by atoms with E-state index in [9.17, 15) is 9.90 Å². The van der Waals surface area contributed by atoms with Gasteiger partial charge in [-0.2, -0.15) is 0 Å². The van der Waals surface area contributed by atoms with Crippen molar-refractivity contribution in [3.8, 4) is 11.5 Å². The molecular weight excluding hydrogens is 462 g/mol. The third kappa shape index (κ3) is 4.90. The van der Waals surface area contributed by atoms with Gasteiger partial charge in [-0.3, -0.25) is 14.8 Å². The predicted octanol–water partition coefficient (Wildman–Crippen LogP) is 2.81. The Labute approximate surface area is 209 Å². The van der Waals surface area contributed by atoms with Crippen LogP contribution in [-0.4, -0.2) is 90.6 Å². The average molecular weight is 492 g/mol. The maximum atomic E-state index is 12.4. The van der Waals surface area contributed by atoms with Gasteiger partial charge in [-0.05, 0) is 30.7 Å². The zero-order valence-corrected chi connectivity index (χ0v) is 20.2. The first-order chi connectivity index (χ1) is 17.7. The molecule has 1 saturated heterocycles. The number of fused-ring (bicyclic) bond motifs is 3. The van der Waals surface area contributed by atoms with E-state index in [0.29, 0.717) is 87.4 Å². The lowest BCUT2D eigenvalue weighted by molar-refractivity contribution is -0.135. The number of hydrogen-bond acceptors (Lipinski definition) is 9. The van der Waals surface area contributed by atoms with Gasteiger partial charge in [0.25, 0.3) is 0 Å². The Morgan fingerprint density at radius 1 is 1.22 bits per heavy atom. The molecule has 1 aromatic heterocycles. The second-order valence-electron chi connectivity index (χ2n) is 8.54. The molecule has 0 saturated carbocycles. The number of aromatic nitrogens is 1. The van der Waals surface area contributed by atoms with Gasteiger partial charge in [-0.1, -0.05) is 0 Å². The number of pyridine rings is 1. The molecule has 3 aliphatic heterocycles. The molecule has 0 bridgehead atoms. The molecule has 10 heteroatoms. The van der Waals surface area contributed by atoms with Crippen LogP contribution in [0, 0.1) is 0 Å². The number of morpholine rings is 1. The van der Waals surface area contributed by atoms with Crippen molar-refractivity contribution in [1.29, 1.82) is 0 Å². The molecule has 1 aromatic carbocycles. The van der Waals surface area contributed by atoms with Gasteiger partial charge in [0.1, 0.15) is 23.1 Å². The Bertz CT molecular complexity index is 1200. The van der Waals surface area contributed by atoms with E-state index >= 15 is 0 Å². The minimum atomic E-state index is 0.0628. The van der Waals surface area contributed by atoms with Gasteiger partial charge in [0.15, 0.2) is 11.5 Å². The number of benzene rings is 1. The zero-order chi connectivity index (χ0) is 24.9. The fraction of sp³-hybridized carbons (Fsp3) is 0.385. The predicted molar refractivity (Wildman–Crippen MR) is 135 cm³/mol. The molecule has 1 N–H and O–H groups in total. The summed E-state index contributed by atoms with van der Waals surface area (Å²) in [7, 11) is 1.57. The van der Waals surface area contributed by atoms with E-state index in [2.05, 4.69) is 9.98 Å². The van der Waals surface area contributed by atoms with Crippen LogP contribution < -0.4 is 9.47 Å². The molecule has 2 aromatic rings. The Kier molecular flexibility index (Phi) is 7.13. The highest BCUT2D eigenvalue weighted by atomic mass is 16.5. The van der Waals surface area contributed by atoms with Crippen molar-refractivity contribution in [2.75, 3.05) is 53.1 Å². The highest BCUT2D eigenvalue weighted by Gasteiger charge is 2.32. The topological polar surface area (TPSA) is 109 Å². The average Bonchev–Trinajstić information content (AvgIpc) is 3.42. The number of methoxy groups -OCH3 is 1. The molecule has 0 atom stereocenters. The van der Waals surface area contributed by atoms with Crippen molar-refractivity contribution in [1.82, 2.24) is 14.8 Å². The Morgan fingerprint density at radius 2 is 2.08 bits per heavy atom. The van der Waals surface area contributed by atoms with Crippen LogP contribution >= 0.6 is 0 Å². The molecule has 36 heavy (non-hydrogen) atoms. The molecule has 10 nitrogen and oxygen atoms in total. The largest absolute Gasteiger partial charge is 0.507 e. The summed E-state index contributed by atoms with van der Waals surface area (Å²) in [6.07, 6.45) is 5.87. The molecule has 188 valence electrons. The van der Waals surface area contributed by atoms with Crippen LogP contribution in [0.3, 0.4) is 0 Å². The number of hydrogen-bond donors (Lipinski definition) is 1. The number of aliphatic hydroxyl groups excluding tert-OH is 1. The first-order valence-electron chi connectivity index (χ1n) is 12.1. The standard InChI is InChI=1S/C26H29N5O5/c1-34-25-21(36-13-3-5-23(33)30-11-14-35-15-12-30)7-6-19-24(25)29-22(31-10-9-28-26(19)31)16-20(32)18-4-2-8-27-17-18/h2,4,6-8,16-17,32H,3,5,9-15H2,1H3/b20-16-. The van der Waals surface area contributed by atoms with Crippen molar-refractivity contribution >= 4 is 29.0 Å². The number of aliphatic hydroxyl groups is 1. The minimum Gasteiger partial charge on any atom is -0.507 e. The quantitative estimate of drug-likeness (QED) is 0.447. The van der Waals surface area contributed by atoms with Gasteiger partial charge in [0.2, 0.25) is 5.91 Å². The molecule has 0 aliphatic carbocycles. The number of nitrogens with zero attached hydrogens (tertiary/aromatic N) is 5. The van der Waals surface area contributed by atoms with E-state index in [1.54, 1.807) is 37.7 Å². The van der Waals surface area contributed by atoms with Crippen molar-refractivity contribution in [2.45, 2.75) is 12.8 Å². The summed E-state index contributed by atoms with van der Waals surface area (Å²) in [6, 6.07) is 7.32. The van der Waals surface area contributed by atoms with Crippen molar-refractivity contribution in [3.63, 3.8) is 0 Å². The minimum absolute atomic E-state index is 0.0628. The summed E-state index contributed by atoms with van der Waals surface area (Å²) >= 11 is 0. The van der Waals surface area contributed by atoms with E-state index in [4.69, 9.17) is 19.2 Å². The van der Waals surface area contributed by atoms with Crippen molar-refractivity contribution < 1.29 is 24.1 Å². The fourth-order valence-corrected chi connectivity index (χ4v) is 4.44. The van der Waals surface area contributed by atoms with E-state index in [-0.39, 0.29) is 11.7 Å². The number of carbonyl (C=O) groups excluding carboxylic acids is 1. The SMILES string of the molecule is COc1c(OCCCC(=O)N2CCOCC2)ccc2c1N=C(/C=C(\O)c1cccnc1)N1CCN=C21. The number of aliphatic imine (C=N–C) groups is 2. The first kappa shape index (κ1) is 23.8. The van der Waals surface area contributed by atoms with Crippen molar-refractivity contribution in [2.24, 2.45) is 9.98 Å². The number of carbonyl (C=O) groups is 1. The Morgan fingerprint density at radius 3 is 2.86 bits per heavy atom. The molecule has 3 aliphatic rings.